The molecule has 2 N–H and O–H groups in total. The van der Waals surface area contributed by atoms with Gasteiger partial charge in [-0.05, 0) is 6.07 Å². The van der Waals surface area contributed by atoms with Gasteiger partial charge in [0, 0.05) is 24.2 Å². The van der Waals surface area contributed by atoms with Crippen LogP contribution in [0.2, 0.25) is 0 Å². The number of nitrogens with zero attached hydrogens (tertiary/aromatic N) is 2. The summed E-state index contributed by atoms with van der Waals surface area (Å²) in [6.07, 6.45) is 0. The SMILES string of the molecule is O=C(NC(=O)N1CCOCC1)C1N=C(c2ccccc2)c2ccccc2NC1=O. The number of imide groups is 1. The molecule has 0 radical (unpaired) electrons. The topological polar surface area (TPSA) is 100 Å². The quantitative estimate of drug-likeness (QED) is 0.755. The summed E-state index contributed by atoms with van der Waals surface area (Å²) in [5, 5.41) is 5.05. The summed E-state index contributed by atoms with van der Waals surface area (Å²) in [6.45, 7) is 1.61. The number of benzodiazepines with no additional fused rings is 1. The van der Waals surface area contributed by atoms with E-state index in [4.69, 9.17) is 4.74 Å². The van der Waals surface area contributed by atoms with Crippen molar-refractivity contribution < 1.29 is 19.1 Å². The van der Waals surface area contributed by atoms with Crippen molar-refractivity contribution in [1.29, 1.82) is 0 Å². The lowest BCUT2D eigenvalue weighted by atomic mass is 10.0. The first kappa shape index (κ1) is 18.8. The van der Waals surface area contributed by atoms with Crippen molar-refractivity contribution in [3.8, 4) is 0 Å². The molecule has 29 heavy (non-hydrogen) atoms. The van der Waals surface area contributed by atoms with Gasteiger partial charge in [0.05, 0.1) is 24.6 Å². The molecule has 2 aliphatic heterocycles. The summed E-state index contributed by atoms with van der Waals surface area (Å²) in [5.41, 5.74) is 2.56. The molecule has 2 aromatic rings. The molecular weight excluding hydrogens is 372 g/mol. The fraction of sp³-hybridized carbons (Fsp3) is 0.238. The highest BCUT2D eigenvalue weighted by molar-refractivity contribution is 6.23. The highest BCUT2D eigenvalue weighted by Gasteiger charge is 2.33. The molecule has 0 saturated carbocycles. The van der Waals surface area contributed by atoms with Crippen molar-refractivity contribution in [3.63, 3.8) is 0 Å². The largest absolute Gasteiger partial charge is 0.378 e. The first-order valence-electron chi connectivity index (χ1n) is 9.34. The number of anilines is 1. The van der Waals surface area contributed by atoms with Gasteiger partial charge in [0.1, 0.15) is 0 Å². The van der Waals surface area contributed by atoms with Crippen LogP contribution in [0.3, 0.4) is 0 Å². The zero-order chi connectivity index (χ0) is 20.2. The predicted molar refractivity (Wildman–Crippen MR) is 107 cm³/mol. The zero-order valence-electron chi connectivity index (χ0n) is 15.6. The van der Waals surface area contributed by atoms with Gasteiger partial charge in [-0.3, -0.25) is 19.9 Å². The second kappa shape index (κ2) is 8.24. The number of morpholine rings is 1. The molecule has 8 heteroatoms. The van der Waals surface area contributed by atoms with E-state index in [9.17, 15) is 14.4 Å². The van der Waals surface area contributed by atoms with Crippen LogP contribution in [-0.4, -0.2) is 60.8 Å². The molecule has 0 spiro atoms. The molecule has 0 aromatic heterocycles. The minimum atomic E-state index is -1.39. The third kappa shape index (κ3) is 4.02. The molecule has 1 fully saturated rings. The molecule has 1 unspecified atom stereocenters. The Hall–Kier alpha value is -3.52. The number of hydrogen-bond donors (Lipinski definition) is 2. The van der Waals surface area contributed by atoms with Gasteiger partial charge in [-0.15, -0.1) is 0 Å². The number of fused-ring (bicyclic) bond motifs is 1. The molecule has 0 bridgehead atoms. The van der Waals surface area contributed by atoms with Crippen LogP contribution in [-0.2, 0) is 14.3 Å². The zero-order valence-corrected chi connectivity index (χ0v) is 15.6. The van der Waals surface area contributed by atoms with Crippen molar-refractivity contribution in [1.82, 2.24) is 10.2 Å². The number of para-hydroxylation sites is 1. The van der Waals surface area contributed by atoms with Crippen LogP contribution in [0.25, 0.3) is 0 Å². The van der Waals surface area contributed by atoms with Gasteiger partial charge in [0.15, 0.2) is 0 Å². The van der Waals surface area contributed by atoms with E-state index in [1.54, 1.807) is 12.1 Å². The fourth-order valence-electron chi connectivity index (χ4n) is 3.28. The molecule has 0 aliphatic carbocycles. The third-order valence-corrected chi connectivity index (χ3v) is 4.77. The average molecular weight is 392 g/mol. The smallest absolute Gasteiger partial charge is 0.324 e. The maximum atomic E-state index is 12.8. The normalized spacial score (nSPS) is 18.8. The standard InChI is InChI=1S/C21H20N4O4/c26-19-18(20(27)24-21(28)25-10-12-29-13-11-25)23-17(14-6-2-1-3-7-14)15-8-4-5-9-16(15)22-19/h1-9,18H,10-13H2,(H,22,26)(H,24,27,28). The number of carbonyl (C=O) groups excluding carboxylic acids is 3. The van der Waals surface area contributed by atoms with E-state index < -0.39 is 23.9 Å². The van der Waals surface area contributed by atoms with Gasteiger partial charge in [0.2, 0.25) is 6.04 Å². The number of benzene rings is 2. The number of urea groups is 1. The van der Waals surface area contributed by atoms with E-state index in [1.165, 1.54) is 4.90 Å². The summed E-state index contributed by atoms with van der Waals surface area (Å²) in [6, 6.07) is 14.6. The lowest BCUT2D eigenvalue weighted by Gasteiger charge is -2.26. The van der Waals surface area contributed by atoms with Crippen LogP contribution in [0.1, 0.15) is 11.1 Å². The van der Waals surface area contributed by atoms with Gasteiger partial charge in [-0.25, -0.2) is 4.79 Å². The summed E-state index contributed by atoms with van der Waals surface area (Å²) in [5.74, 6) is -1.35. The lowest BCUT2D eigenvalue weighted by molar-refractivity contribution is -0.128. The third-order valence-electron chi connectivity index (χ3n) is 4.77. The van der Waals surface area contributed by atoms with Crippen LogP contribution in [0.4, 0.5) is 10.5 Å². The summed E-state index contributed by atoms with van der Waals surface area (Å²) >= 11 is 0. The van der Waals surface area contributed by atoms with E-state index in [2.05, 4.69) is 15.6 Å². The van der Waals surface area contributed by atoms with Crippen LogP contribution in [0, 0.1) is 0 Å². The van der Waals surface area contributed by atoms with E-state index in [1.807, 2.05) is 42.5 Å². The Bertz CT molecular complexity index is 968. The lowest BCUT2D eigenvalue weighted by Crippen LogP contribution is -2.51. The molecule has 148 valence electrons. The number of amides is 4. The molecule has 2 heterocycles. The molecule has 4 rings (SSSR count). The van der Waals surface area contributed by atoms with Gasteiger partial charge in [-0.2, -0.15) is 0 Å². The van der Waals surface area contributed by atoms with Crippen LogP contribution >= 0.6 is 0 Å². The fourth-order valence-corrected chi connectivity index (χ4v) is 3.28. The summed E-state index contributed by atoms with van der Waals surface area (Å²) in [4.78, 5) is 43.8. The maximum Gasteiger partial charge on any atom is 0.324 e. The summed E-state index contributed by atoms with van der Waals surface area (Å²) < 4.78 is 5.21. The van der Waals surface area contributed by atoms with Gasteiger partial charge in [0.25, 0.3) is 11.8 Å². The van der Waals surface area contributed by atoms with Gasteiger partial charge < -0.3 is 15.0 Å². The number of ether oxygens (including phenoxy) is 1. The van der Waals surface area contributed by atoms with Crippen LogP contribution in [0.15, 0.2) is 59.6 Å². The van der Waals surface area contributed by atoms with E-state index in [-0.39, 0.29) is 0 Å². The maximum absolute atomic E-state index is 12.8. The highest BCUT2D eigenvalue weighted by Crippen LogP contribution is 2.24. The first-order valence-corrected chi connectivity index (χ1v) is 9.34. The molecular formula is C21H20N4O4. The van der Waals surface area contributed by atoms with Crippen molar-refractivity contribution in [3.05, 3.63) is 65.7 Å². The first-order chi connectivity index (χ1) is 14.1. The number of hydrogen-bond acceptors (Lipinski definition) is 5. The Labute approximate surface area is 167 Å². The van der Waals surface area contributed by atoms with E-state index in [0.29, 0.717) is 43.3 Å². The van der Waals surface area contributed by atoms with Gasteiger partial charge >= 0.3 is 6.03 Å². The second-order valence-corrected chi connectivity index (χ2v) is 6.67. The molecule has 4 amide bonds. The Morgan fingerprint density at radius 3 is 2.48 bits per heavy atom. The molecule has 2 aromatic carbocycles. The molecule has 2 aliphatic rings. The number of aliphatic imine (C=N–C) groups is 1. The average Bonchev–Trinajstić information content (AvgIpc) is 2.91. The summed E-state index contributed by atoms with van der Waals surface area (Å²) in [7, 11) is 0. The molecule has 1 saturated heterocycles. The highest BCUT2D eigenvalue weighted by atomic mass is 16.5. The van der Waals surface area contributed by atoms with E-state index in [0.717, 1.165) is 5.56 Å². The second-order valence-electron chi connectivity index (χ2n) is 6.67. The monoisotopic (exact) mass is 392 g/mol. The van der Waals surface area contributed by atoms with E-state index >= 15 is 0 Å². The molecule has 1 atom stereocenters. The van der Waals surface area contributed by atoms with Gasteiger partial charge in [-0.1, -0.05) is 48.5 Å². The molecule has 8 nitrogen and oxygen atoms in total. The van der Waals surface area contributed by atoms with Crippen LogP contribution < -0.4 is 10.6 Å². The number of carbonyl (C=O) groups is 3. The number of nitrogens with one attached hydrogen (secondary N) is 2. The minimum absolute atomic E-state index is 0.389. The number of rotatable bonds is 2. The Morgan fingerprint density at radius 1 is 1.03 bits per heavy atom. The van der Waals surface area contributed by atoms with Crippen molar-refractivity contribution in [2.24, 2.45) is 4.99 Å². The Morgan fingerprint density at radius 2 is 1.72 bits per heavy atom. The van der Waals surface area contributed by atoms with Crippen molar-refractivity contribution in [2.75, 3.05) is 31.6 Å². The van der Waals surface area contributed by atoms with Crippen LogP contribution in [0.5, 0.6) is 0 Å². The minimum Gasteiger partial charge on any atom is -0.378 e. The Kier molecular flexibility index (Phi) is 5.35. The van der Waals surface area contributed by atoms with Crippen molar-refractivity contribution >= 4 is 29.2 Å². The van der Waals surface area contributed by atoms with Crippen molar-refractivity contribution in [2.45, 2.75) is 6.04 Å². The predicted octanol–water partition coefficient (Wildman–Crippen LogP) is 1.41. The Balaban J connectivity index is 1.65.